The van der Waals surface area contributed by atoms with E-state index >= 15 is 0 Å². The highest BCUT2D eigenvalue weighted by Crippen LogP contribution is 2.60. The topological polar surface area (TPSA) is 67.2 Å². The van der Waals surface area contributed by atoms with Gasteiger partial charge in [-0.25, -0.2) is 4.79 Å². The quantitative estimate of drug-likeness (QED) is 0.446. The number of Topliss-reactive ketones (excluding diaryl/α,β-unsaturated/α-hetero) is 1. The lowest BCUT2D eigenvalue weighted by atomic mass is 9.48. The van der Waals surface area contributed by atoms with E-state index in [0.717, 1.165) is 30.4 Å². The van der Waals surface area contributed by atoms with Crippen LogP contribution in [0.2, 0.25) is 0 Å². The zero-order valence-electron chi connectivity index (χ0n) is 15.7. The Morgan fingerprint density at radius 1 is 1.11 bits per heavy atom. The lowest BCUT2D eigenvalue weighted by molar-refractivity contribution is -0.155. The van der Waals surface area contributed by atoms with Crippen molar-refractivity contribution in [2.75, 3.05) is 6.61 Å². The lowest BCUT2D eigenvalue weighted by Crippen LogP contribution is -2.51. The second-order valence-electron chi connectivity index (χ2n) is 8.78. The zero-order valence-corrected chi connectivity index (χ0v) is 15.7. The molecule has 0 aromatic heterocycles. The maximum absolute atomic E-state index is 12.9. The van der Waals surface area contributed by atoms with Crippen LogP contribution in [0.25, 0.3) is 6.08 Å². The van der Waals surface area contributed by atoms with Gasteiger partial charge >= 0.3 is 5.97 Å². The number of esters is 1. The smallest absolute Gasteiger partial charge is 0.349 e. The van der Waals surface area contributed by atoms with Crippen LogP contribution in [0, 0.1) is 41.4 Å². The number of nitriles is 1. The first kappa shape index (κ1) is 18.0. The molecule has 1 aromatic carbocycles. The number of carbonyl (C=O) groups excluding carboxylic acids is 2. The predicted molar refractivity (Wildman–Crippen MR) is 101 cm³/mol. The first-order valence-corrected chi connectivity index (χ1v) is 9.86. The molecule has 4 aliphatic carbocycles. The summed E-state index contributed by atoms with van der Waals surface area (Å²) in [5.74, 6) is 1.37. The summed E-state index contributed by atoms with van der Waals surface area (Å²) < 4.78 is 5.26. The number of rotatable bonds is 5. The molecule has 5 rings (SSSR count). The summed E-state index contributed by atoms with van der Waals surface area (Å²) in [5.41, 5.74) is 1.52. The SMILES string of the molecule is Cc1ccc(/C=C(\C#N)C(=O)OCC(=O)C23CC4CC(CC(C4)C2)C3)cc1. The molecule has 0 heterocycles. The van der Waals surface area contributed by atoms with E-state index in [1.165, 1.54) is 25.3 Å². The van der Waals surface area contributed by atoms with Crippen LogP contribution < -0.4 is 0 Å². The highest BCUT2D eigenvalue weighted by molar-refractivity contribution is 5.99. The summed E-state index contributed by atoms with van der Waals surface area (Å²) >= 11 is 0. The molecule has 27 heavy (non-hydrogen) atoms. The molecule has 0 N–H and O–H groups in total. The van der Waals surface area contributed by atoms with Crippen molar-refractivity contribution in [2.45, 2.75) is 45.4 Å². The number of hydrogen-bond acceptors (Lipinski definition) is 4. The number of nitrogens with zero attached hydrogens (tertiary/aromatic N) is 1. The maximum atomic E-state index is 12.9. The number of hydrogen-bond donors (Lipinski definition) is 0. The normalized spacial score (nSPS) is 31.4. The first-order valence-electron chi connectivity index (χ1n) is 9.86. The summed E-state index contributed by atoms with van der Waals surface area (Å²) in [5, 5.41) is 9.30. The molecule has 0 saturated heterocycles. The summed E-state index contributed by atoms with van der Waals surface area (Å²) in [6.45, 7) is 1.76. The van der Waals surface area contributed by atoms with Crippen LogP contribution in [0.4, 0.5) is 0 Å². The average Bonchev–Trinajstić information content (AvgIpc) is 2.64. The fourth-order valence-electron chi connectivity index (χ4n) is 5.78. The van der Waals surface area contributed by atoms with Crippen molar-refractivity contribution >= 4 is 17.8 Å². The molecule has 4 aliphatic rings. The summed E-state index contributed by atoms with van der Waals surface area (Å²) in [6, 6.07) is 9.43. The number of benzene rings is 1. The summed E-state index contributed by atoms with van der Waals surface area (Å²) in [6.07, 6.45) is 8.19. The van der Waals surface area contributed by atoms with Gasteiger partial charge in [0.1, 0.15) is 11.6 Å². The Balaban J connectivity index is 1.40. The Morgan fingerprint density at radius 3 is 2.19 bits per heavy atom. The first-order chi connectivity index (χ1) is 13.0. The largest absolute Gasteiger partial charge is 0.454 e. The Bertz CT molecular complexity index is 793. The van der Waals surface area contributed by atoms with E-state index in [1.807, 2.05) is 37.3 Å². The van der Waals surface area contributed by atoms with Gasteiger partial charge in [0.25, 0.3) is 0 Å². The molecular formula is C23H25NO3. The maximum Gasteiger partial charge on any atom is 0.349 e. The Kier molecular flexibility index (Phi) is 4.63. The number of aryl methyl sites for hydroxylation is 1. The molecule has 140 valence electrons. The van der Waals surface area contributed by atoms with Crippen molar-refractivity contribution in [1.29, 1.82) is 5.26 Å². The van der Waals surface area contributed by atoms with Crippen molar-refractivity contribution in [3.8, 4) is 6.07 Å². The molecule has 4 heteroatoms. The molecule has 0 unspecified atom stereocenters. The molecule has 4 bridgehead atoms. The van der Waals surface area contributed by atoms with Gasteiger partial charge in [0.2, 0.25) is 0 Å². The van der Waals surface area contributed by atoms with E-state index < -0.39 is 5.97 Å². The number of carbonyl (C=O) groups is 2. The van der Waals surface area contributed by atoms with Crippen LogP contribution in [0.15, 0.2) is 29.8 Å². The van der Waals surface area contributed by atoms with Crippen molar-refractivity contribution < 1.29 is 14.3 Å². The fourth-order valence-corrected chi connectivity index (χ4v) is 5.78. The zero-order chi connectivity index (χ0) is 19.0. The van der Waals surface area contributed by atoms with Gasteiger partial charge in [-0.1, -0.05) is 29.8 Å². The van der Waals surface area contributed by atoms with Crippen LogP contribution in [-0.2, 0) is 14.3 Å². The van der Waals surface area contributed by atoms with Crippen LogP contribution in [0.1, 0.15) is 49.7 Å². The molecule has 1 aromatic rings. The number of ketones is 1. The van der Waals surface area contributed by atoms with Gasteiger partial charge in [0, 0.05) is 5.41 Å². The van der Waals surface area contributed by atoms with E-state index in [2.05, 4.69) is 0 Å². The van der Waals surface area contributed by atoms with Crippen molar-refractivity contribution in [1.82, 2.24) is 0 Å². The molecule has 4 nitrogen and oxygen atoms in total. The van der Waals surface area contributed by atoms with Gasteiger partial charge in [-0.2, -0.15) is 5.26 Å². The van der Waals surface area contributed by atoms with Crippen molar-refractivity contribution in [3.05, 3.63) is 41.0 Å². The van der Waals surface area contributed by atoms with Crippen molar-refractivity contribution in [3.63, 3.8) is 0 Å². The van der Waals surface area contributed by atoms with Gasteiger partial charge in [-0.15, -0.1) is 0 Å². The molecule has 0 amide bonds. The second kappa shape index (κ2) is 6.96. The second-order valence-corrected chi connectivity index (χ2v) is 8.78. The Hall–Kier alpha value is -2.41. The van der Waals surface area contributed by atoms with Crippen molar-refractivity contribution in [2.24, 2.45) is 23.2 Å². The minimum absolute atomic E-state index is 0.0579. The highest BCUT2D eigenvalue weighted by atomic mass is 16.5. The predicted octanol–water partition coefficient (Wildman–Crippen LogP) is 4.23. The van der Waals surface area contributed by atoms with E-state index in [-0.39, 0.29) is 23.4 Å². The van der Waals surface area contributed by atoms with Crippen LogP contribution in [-0.4, -0.2) is 18.4 Å². The number of ether oxygens (including phenoxy) is 1. The van der Waals surface area contributed by atoms with Gasteiger partial charge in [0.05, 0.1) is 0 Å². The molecule has 4 fully saturated rings. The molecule has 0 radical (unpaired) electrons. The Labute approximate surface area is 160 Å². The molecule has 0 aliphatic heterocycles. The minimum atomic E-state index is -0.712. The summed E-state index contributed by atoms with van der Waals surface area (Å²) in [4.78, 5) is 25.2. The third-order valence-corrected chi connectivity index (χ3v) is 6.69. The van der Waals surface area contributed by atoms with E-state index in [9.17, 15) is 14.9 Å². The fraction of sp³-hybridized carbons (Fsp3) is 0.522. The average molecular weight is 363 g/mol. The van der Waals surface area contributed by atoms with Crippen LogP contribution in [0.5, 0.6) is 0 Å². The monoisotopic (exact) mass is 363 g/mol. The third-order valence-electron chi connectivity index (χ3n) is 6.69. The highest BCUT2D eigenvalue weighted by Gasteiger charge is 2.54. The van der Waals surface area contributed by atoms with Gasteiger partial charge < -0.3 is 4.74 Å². The summed E-state index contributed by atoms with van der Waals surface area (Å²) in [7, 11) is 0. The standard InChI is InChI=1S/C23H25NO3/c1-15-2-4-16(5-3-15)9-20(13-24)22(26)27-14-21(25)23-10-17-6-18(11-23)8-19(7-17)12-23/h2-5,9,17-19H,6-8,10-12,14H2,1H3/b20-9+. The van der Waals surface area contributed by atoms with Gasteiger partial charge in [-0.05, 0) is 74.8 Å². The lowest BCUT2D eigenvalue weighted by Gasteiger charge is -2.55. The van der Waals surface area contributed by atoms with E-state index in [1.54, 1.807) is 0 Å². The van der Waals surface area contributed by atoms with Gasteiger partial charge in [-0.3, -0.25) is 4.79 Å². The van der Waals surface area contributed by atoms with Gasteiger partial charge in [0.15, 0.2) is 12.4 Å². The van der Waals surface area contributed by atoms with Crippen LogP contribution in [0.3, 0.4) is 0 Å². The molecular weight excluding hydrogens is 338 g/mol. The molecule has 0 spiro atoms. The van der Waals surface area contributed by atoms with Crippen LogP contribution >= 0.6 is 0 Å². The van der Waals surface area contributed by atoms with E-state index in [0.29, 0.717) is 17.8 Å². The Morgan fingerprint density at radius 2 is 1.67 bits per heavy atom. The third kappa shape index (κ3) is 3.56. The van der Waals surface area contributed by atoms with E-state index in [4.69, 9.17) is 4.74 Å². The minimum Gasteiger partial charge on any atom is -0.454 e. The molecule has 4 saturated carbocycles. The molecule has 0 atom stereocenters.